The molecule has 0 aliphatic heterocycles. The van der Waals surface area contributed by atoms with Crippen LogP contribution in [0.3, 0.4) is 0 Å². The molecule has 1 aromatic rings. The molecular weight excluding hydrogens is 238 g/mol. The maximum Gasteiger partial charge on any atom is 0.321 e. The van der Waals surface area contributed by atoms with Gasteiger partial charge in [0.25, 0.3) is 0 Å². The van der Waals surface area contributed by atoms with Crippen molar-refractivity contribution in [1.29, 1.82) is 0 Å². The third kappa shape index (κ3) is 4.42. The van der Waals surface area contributed by atoms with Gasteiger partial charge in [-0.1, -0.05) is 12.1 Å². The van der Waals surface area contributed by atoms with E-state index in [2.05, 4.69) is 5.32 Å². The lowest BCUT2D eigenvalue weighted by Gasteiger charge is -2.12. The number of hydrogen-bond acceptors (Lipinski definition) is 4. The van der Waals surface area contributed by atoms with Crippen LogP contribution in [0.15, 0.2) is 24.3 Å². The molecule has 98 valence electrons. The van der Waals surface area contributed by atoms with E-state index < -0.39 is 24.4 Å². The fourth-order valence-electron chi connectivity index (χ4n) is 1.41. The predicted octanol–water partition coefficient (Wildman–Crippen LogP) is 0.713. The highest BCUT2D eigenvalue weighted by Gasteiger charge is 2.19. The van der Waals surface area contributed by atoms with Gasteiger partial charge in [-0.15, -0.1) is 0 Å². The monoisotopic (exact) mass is 253 g/mol. The molecule has 0 heterocycles. The first-order valence-electron chi connectivity index (χ1n) is 5.34. The summed E-state index contributed by atoms with van der Waals surface area (Å²) in [6.07, 6.45) is -0.453. The molecule has 0 aliphatic rings. The predicted molar refractivity (Wildman–Crippen MR) is 63.5 cm³/mol. The number of ether oxygens (including phenoxy) is 1. The Hall–Kier alpha value is -2.08. The van der Waals surface area contributed by atoms with Gasteiger partial charge in [0.15, 0.2) is 0 Å². The van der Waals surface area contributed by atoms with Crippen molar-refractivity contribution in [2.45, 2.75) is 19.0 Å². The average Bonchev–Trinajstić information content (AvgIpc) is 2.34. The molecule has 0 radical (unpaired) electrons. The zero-order valence-electron chi connectivity index (χ0n) is 9.92. The molecular formula is C12H15NO5. The van der Waals surface area contributed by atoms with Gasteiger partial charge in [-0.25, -0.2) is 0 Å². The fraction of sp³-hybridized carbons (Fsp3) is 0.333. The molecule has 0 bridgehead atoms. The summed E-state index contributed by atoms with van der Waals surface area (Å²) < 4.78 is 4.99. The lowest BCUT2D eigenvalue weighted by molar-refractivity contribution is -0.146. The Kier molecular flexibility index (Phi) is 5.13. The van der Waals surface area contributed by atoms with E-state index >= 15 is 0 Å². The number of carboxylic acids is 2. The van der Waals surface area contributed by atoms with Crippen molar-refractivity contribution in [2.75, 3.05) is 7.11 Å². The van der Waals surface area contributed by atoms with Crippen LogP contribution in [0.5, 0.6) is 5.75 Å². The lowest BCUT2D eigenvalue weighted by Crippen LogP contribution is -2.38. The molecule has 0 aromatic heterocycles. The van der Waals surface area contributed by atoms with E-state index in [1.54, 1.807) is 31.4 Å². The van der Waals surface area contributed by atoms with E-state index in [1.807, 2.05) is 0 Å². The third-order valence-corrected chi connectivity index (χ3v) is 2.39. The van der Waals surface area contributed by atoms with E-state index in [-0.39, 0.29) is 6.54 Å². The van der Waals surface area contributed by atoms with Gasteiger partial charge in [-0.3, -0.25) is 14.9 Å². The maximum absolute atomic E-state index is 10.8. The van der Waals surface area contributed by atoms with Gasteiger partial charge in [0, 0.05) is 6.54 Å². The SMILES string of the molecule is COc1ccc(CNC(CC(=O)O)C(=O)O)cc1. The summed E-state index contributed by atoms with van der Waals surface area (Å²) >= 11 is 0. The molecule has 0 fully saturated rings. The first kappa shape index (κ1) is 14.0. The number of carboxylic acid groups (broad SMARTS) is 2. The van der Waals surface area contributed by atoms with E-state index in [9.17, 15) is 9.59 Å². The van der Waals surface area contributed by atoms with E-state index in [0.29, 0.717) is 5.75 Å². The summed E-state index contributed by atoms with van der Waals surface area (Å²) in [5.41, 5.74) is 0.854. The highest BCUT2D eigenvalue weighted by atomic mass is 16.5. The van der Waals surface area contributed by atoms with Crippen molar-refractivity contribution in [3.8, 4) is 5.75 Å². The summed E-state index contributed by atoms with van der Waals surface area (Å²) in [5, 5.41) is 20.1. The Morgan fingerprint density at radius 2 is 1.89 bits per heavy atom. The van der Waals surface area contributed by atoms with E-state index in [0.717, 1.165) is 5.56 Å². The molecule has 1 aromatic carbocycles. The van der Waals surface area contributed by atoms with Crippen LogP contribution in [0.2, 0.25) is 0 Å². The first-order valence-corrected chi connectivity index (χ1v) is 5.34. The number of hydrogen-bond donors (Lipinski definition) is 3. The largest absolute Gasteiger partial charge is 0.497 e. The van der Waals surface area contributed by atoms with Crippen LogP contribution in [-0.4, -0.2) is 35.3 Å². The van der Waals surface area contributed by atoms with E-state index in [4.69, 9.17) is 14.9 Å². The normalized spacial score (nSPS) is 11.8. The molecule has 3 N–H and O–H groups in total. The highest BCUT2D eigenvalue weighted by molar-refractivity contribution is 5.80. The Balaban J connectivity index is 2.55. The highest BCUT2D eigenvalue weighted by Crippen LogP contribution is 2.11. The molecule has 0 saturated carbocycles. The topological polar surface area (TPSA) is 95.9 Å². The average molecular weight is 253 g/mol. The van der Waals surface area contributed by atoms with E-state index in [1.165, 1.54) is 0 Å². The van der Waals surface area contributed by atoms with Crippen LogP contribution in [-0.2, 0) is 16.1 Å². The molecule has 18 heavy (non-hydrogen) atoms. The van der Waals surface area contributed by atoms with Crippen LogP contribution >= 0.6 is 0 Å². The fourth-order valence-corrected chi connectivity index (χ4v) is 1.41. The maximum atomic E-state index is 10.8. The summed E-state index contributed by atoms with van der Waals surface area (Å²) in [6, 6.07) is 5.98. The molecule has 1 rings (SSSR count). The van der Waals surface area contributed by atoms with Gasteiger partial charge in [0.05, 0.1) is 13.5 Å². The molecule has 0 saturated heterocycles. The van der Waals surface area contributed by atoms with Crippen molar-refractivity contribution in [1.82, 2.24) is 5.32 Å². The second-order valence-corrected chi connectivity index (χ2v) is 3.72. The van der Waals surface area contributed by atoms with Gasteiger partial charge in [-0.05, 0) is 17.7 Å². The van der Waals surface area contributed by atoms with Crippen LogP contribution in [0.1, 0.15) is 12.0 Å². The van der Waals surface area contributed by atoms with Crippen LogP contribution in [0, 0.1) is 0 Å². The zero-order valence-corrected chi connectivity index (χ0v) is 9.92. The van der Waals surface area contributed by atoms with Gasteiger partial charge in [-0.2, -0.15) is 0 Å². The Bertz CT molecular complexity index is 415. The van der Waals surface area contributed by atoms with Crippen molar-refractivity contribution in [3.05, 3.63) is 29.8 Å². The molecule has 1 unspecified atom stereocenters. The van der Waals surface area contributed by atoms with Crippen molar-refractivity contribution >= 4 is 11.9 Å². The number of benzene rings is 1. The Morgan fingerprint density at radius 3 is 2.33 bits per heavy atom. The Morgan fingerprint density at radius 1 is 1.28 bits per heavy atom. The minimum Gasteiger partial charge on any atom is -0.497 e. The minimum atomic E-state index is -1.18. The lowest BCUT2D eigenvalue weighted by atomic mass is 10.1. The number of rotatable bonds is 7. The van der Waals surface area contributed by atoms with Gasteiger partial charge >= 0.3 is 11.9 Å². The molecule has 0 amide bonds. The second-order valence-electron chi connectivity index (χ2n) is 3.72. The quantitative estimate of drug-likeness (QED) is 0.662. The number of nitrogens with one attached hydrogen (secondary N) is 1. The smallest absolute Gasteiger partial charge is 0.321 e. The standard InChI is InChI=1S/C12H15NO5/c1-18-9-4-2-8(3-5-9)7-13-10(12(16)17)6-11(14)15/h2-5,10,13H,6-7H2,1H3,(H,14,15)(H,16,17). The minimum absolute atomic E-state index is 0.286. The van der Waals surface area contributed by atoms with Crippen LogP contribution in [0.25, 0.3) is 0 Å². The summed E-state index contributed by atoms with van der Waals surface area (Å²) in [6.45, 7) is 0.286. The first-order chi connectivity index (χ1) is 8.52. The van der Waals surface area contributed by atoms with Crippen LogP contribution < -0.4 is 10.1 Å². The third-order valence-electron chi connectivity index (χ3n) is 2.39. The van der Waals surface area contributed by atoms with Crippen molar-refractivity contribution in [2.24, 2.45) is 0 Å². The number of methoxy groups -OCH3 is 1. The van der Waals surface area contributed by atoms with Crippen molar-refractivity contribution in [3.63, 3.8) is 0 Å². The zero-order chi connectivity index (χ0) is 13.5. The second kappa shape index (κ2) is 6.61. The summed E-state index contributed by atoms with van der Waals surface area (Å²) in [7, 11) is 1.56. The summed E-state index contributed by atoms with van der Waals surface area (Å²) in [4.78, 5) is 21.3. The molecule has 1 atom stereocenters. The van der Waals surface area contributed by atoms with Gasteiger partial charge in [0.2, 0.25) is 0 Å². The molecule has 6 nitrogen and oxygen atoms in total. The Labute approximate surface area is 104 Å². The molecule has 0 aliphatic carbocycles. The van der Waals surface area contributed by atoms with Crippen molar-refractivity contribution < 1.29 is 24.5 Å². The number of aliphatic carboxylic acids is 2. The van der Waals surface area contributed by atoms with Gasteiger partial charge < -0.3 is 14.9 Å². The molecule has 0 spiro atoms. The molecule has 6 heteroatoms. The van der Waals surface area contributed by atoms with Crippen LogP contribution in [0.4, 0.5) is 0 Å². The summed E-state index contributed by atoms with van der Waals surface area (Å²) in [5.74, 6) is -1.62. The number of carbonyl (C=O) groups is 2. The van der Waals surface area contributed by atoms with Gasteiger partial charge in [0.1, 0.15) is 11.8 Å².